The summed E-state index contributed by atoms with van der Waals surface area (Å²) in [5.74, 6) is -3.15. The number of nitro benzene ring substituents is 1. The second-order valence-electron chi connectivity index (χ2n) is 4.91. The number of hydrogen-bond acceptors (Lipinski definition) is 5. The van der Waals surface area contributed by atoms with E-state index in [1.807, 2.05) is 0 Å². The summed E-state index contributed by atoms with van der Waals surface area (Å²) in [6, 6.07) is 2.31. The summed E-state index contributed by atoms with van der Waals surface area (Å²) in [5.41, 5.74) is -0.819. The van der Waals surface area contributed by atoms with Crippen LogP contribution in [0.3, 0.4) is 0 Å². The summed E-state index contributed by atoms with van der Waals surface area (Å²) < 4.78 is 39.3. The first-order chi connectivity index (χ1) is 10.2. The fourth-order valence-corrected chi connectivity index (χ4v) is 3.84. The number of nitro groups is 1. The van der Waals surface area contributed by atoms with Crippen LogP contribution in [0, 0.1) is 21.8 Å². The molecule has 1 N–H and O–H groups in total. The first kappa shape index (κ1) is 16.3. The standard InChI is InChI=1S/C12H13FN2O6S/c13-10-6-9(3-4-11(10)15(18)19)22(20,21)14-5-1-2-8(7-14)12(16)17/h3-4,6,8H,1-2,5,7H2,(H,16,17)/t8-/m0/s1. The molecule has 1 heterocycles. The molecule has 0 aliphatic carbocycles. The van der Waals surface area contributed by atoms with Crippen LogP contribution in [0.1, 0.15) is 12.8 Å². The van der Waals surface area contributed by atoms with Crippen LogP contribution in [0.4, 0.5) is 10.1 Å². The van der Waals surface area contributed by atoms with E-state index in [2.05, 4.69) is 0 Å². The third-order valence-corrected chi connectivity index (χ3v) is 5.35. The highest BCUT2D eigenvalue weighted by molar-refractivity contribution is 7.89. The van der Waals surface area contributed by atoms with E-state index < -0.39 is 43.2 Å². The number of hydrogen-bond donors (Lipinski definition) is 1. The third-order valence-electron chi connectivity index (χ3n) is 3.49. The smallest absolute Gasteiger partial charge is 0.307 e. The summed E-state index contributed by atoms with van der Waals surface area (Å²) in [6.45, 7) is -0.0685. The number of benzene rings is 1. The summed E-state index contributed by atoms with van der Waals surface area (Å²) >= 11 is 0. The molecule has 1 aromatic rings. The highest BCUT2D eigenvalue weighted by Crippen LogP contribution is 2.26. The second-order valence-corrected chi connectivity index (χ2v) is 6.85. The first-order valence-electron chi connectivity index (χ1n) is 6.40. The highest BCUT2D eigenvalue weighted by atomic mass is 32.2. The lowest BCUT2D eigenvalue weighted by Crippen LogP contribution is -2.42. The van der Waals surface area contributed by atoms with Gasteiger partial charge < -0.3 is 5.11 Å². The number of sulfonamides is 1. The van der Waals surface area contributed by atoms with E-state index in [9.17, 15) is 27.7 Å². The minimum atomic E-state index is -4.09. The Hall–Kier alpha value is -2.07. The topological polar surface area (TPSA) is 118 Å². The largest absolute Gasteiger partial charge is 0.481 e. The molecule has 1 saturated heterocycles. The van der Waals surface area contributed by atoms with Gasteiger partial charge in [0.15, 0.2) is 0 Å². The number of aliphatic carboxylic acids is 1. The zero-order valence-corrected chi connectivity index (χ0v) is 12.1. The Bertz CT molecular complexity index is 720. The Labute approximate surface area is 125 Å². The number of carboxylic acids is 1. The molecule has 0 bridgehead atoms. The van der Waals surface area contributed by atoms with Gasteiger partial charge in [0, 0.05) is 25.2 Å². The van der Waals surface area contributed by atoms with Crippen molar-refractivity contribution in [1.82, 2.24) is 4.31 Å². The average molecular weight is 332 g/mol. The Morgan fingerprint density at radius 3 is 2.68 bits per heavy atom. The van der Waals surface area contributed by atoms with Crippen molar-refractivity contribution in [2.45, 2.75) is 17.7 Å². The minimum absolute atomic E-state index is 0.130. The molecular weight excluding hydrogens is 319 g/mol. The van der Waals surface area contributed by atoms with Crippen LogP contribution < -0.4 is 0 Å². The van der Waals surface area contributed by atoms with Gasteiger partial charge in [-0.25, -0.2) is 8.42 Å². The monoisotopic (exact) mass is 332 g/mol. The quantitative estimate of drug-likeness (QED) is 0.654. The van der Waals surface area contributed by atoms with Gasteiger partial charge in [0.25, 0.3) is 0 Å². The van der Waals surface area contributed by atoms with Gasteiger partial charge in [0.05, 0.1) is 15.7 Å². The van der Waals surface area contributed by atoms with E-state index in [1.165, 1.54) is 0 Å². The molecule has 0 unspecified atom stereocenters. The van der Waals surface area contributed by atoms with Crippen LogP contribution in [-0.4, -0.2) is 41.8 Å². The van der Waals surface area contributed by atoms with Gasteiger partial charge in [0.2, 0.25) is 15.8 Å². The molecule has 1 aliphatic rings. The van der Waals surface area contributed by atoms with Crippen molar-refractivity contribution in [3.63, 3.8) is 0 Å². The highest BCUT2D eigenvalue weighted by Gasteiger charge is 2.34. The molecule has 0 saturated carbocycles. The van der Waals surface area contributed by atoms with Gasteiger partial charge in [-0.05, 0) is 18.9 Å². The van der Waals surface area contributed by atoms with E-state index in [0.29, 0.717) is 18.9 Å². The van der Waals surface area contributed by atoms with E-state index in [0.717, 1.165) is 16.4 Å². The van der Waals surface area contributed by atoms with E-state index in [1.54, 1.807) is 0 Å². The zero-order valence-electron chi connectivity index (χ0n) is 11.3. The molecule has 0 radical (unpaired) electrons. The van der Waals surface area contributed by atoms with Crippen molar-refractivity contribution in [2.24, 2.45) is 5.92 Å². The second kappa shape index (κ2) is 5.97. The van der Waals surface area contributed by atoms with Crippen LogP contribution in [0.15, 0.2) is 23.1 Å². The normalized spacial score (nSPS) is 19.8. The Morgan fingerprint density at radius 2 is 2.14 bits per heavy atom. The fraction of sp³-hybridized carbons (Fsp3) is 0.417. The van der Waals surface area contributed by atoms with Crippen LogP contribution in [0.2, 0.25) is 0 Å². The molecule has 0 aromatic heterocycles. The maximum absolute atomic E-state index is 13.6. The lowest BCUT2D eigenvalue weighted by molar-refractivity contribution is -0.387. The van der Waals surface area contributed by atoms with Gasteiger partial charge in [-0.15, -0.1) is 0 Å². The van der Waals surface area contributed by atoms with Crippen LogP contribution in [0.5, 0.6) is 0 Å². The molecule has 10 heteroatoms. The lowest BCUT2D eigenvalue weighted by atomic mass is 10.0. The third kappa shape index (κ3) is 3.07. The molecule has 1 fully saturated rings. The molecule has 22 heavy (non-hydrogen) atoms. The predicted octanol–water partition coefficient (Wildman–Crippen LogP) is 1.22. The molecule has 2 rings (SSSR count). The molecule has 8 nitrogen and oxygen atoms in total. The summed E-state index contributed by atoms with van der Waals surface area (Å²) in [5, 5.41) is 19.5. The van der Waals surface area contributed by atoms with Gasteiger partial charge >= 0.3 is 11.7 Å². The van der Waals surface area contributed by atoms with Gasteiger partial charge in [-0.2, -0.15) is 8.70 Å². The number of carboxylic acid groups (broad SMARTS) is 1. The maximum atomic E-state index is 13.6. The number of halogens is 1. The summed E-state index contributed by atoms with van der Waals surface area (Å²) in [4.78, 5) is 20.1. The van der Waals surface area contributed by atoms with Gasteiger partial charge in [-0.3, -0.25) is 14.9 Å². The minimum Gasteiger partial charge on any atom is -0.481 e. The van der Waals surface area contributed by atoms with Crippen molar-refractivity contribution < 1.29 is 27.6 Å². The van der Waals surface area contributed by atoms with Crippen LogP contribution in [-0.2, 0) is 14.8 Å². The van der Waals surface area contributed by atoms with Crippen LogP contribution >= 0.6 is 0 Å². The van der Waals surface area contributed by atoms with E-state index >= 15 is 0 Å². The summed E-state index contributed by atoms with van der Waals surface area (Å²) in [7, 11) is -4.09. The average Bonchev–Trinajstić information content (AvgIpc) is 2.46. The van der Waals surface area contributed by atoms with E-state index in [-0.39, 0.29) is 13.1 Å². The number of carbonyl (C=O) groups is 1. The molecule has 0 amide bonds. The molecular formula is C12H13FN2O6S. The fourth-order valence-electron chi connectivity index (χ4n) is 2.31. The maximum Gasteiger partial charge on any atom is 0.307 e. The molecule has 120 valence electrons. The Balaban J connectivity index is 2.32. The molecule has 1 aliphatic heterocycles. The molecule has 0 spiro atoms. The molecule has 1 aromatic carbocycles. The van der Waals surface area contributed by atoms with Crippen molar-refractivity contribution in [2.75, 3.05) is 13.1 Å². The molecule has 1 atom stereocenters. The van der Waals surface area contributed by atoms with Crippen LogP contribution in [0.25, 0.3) is 0 Å². The van der Waals surface area contributed by atoms with Crippen molar-refractivity contribution in [3.05, 3.63) is 34.1 Å². The van der Waals surface area contributed by atoms with E-state index in [4.69, 9.17) is 5.11 Å². The lowest BCUT2D eigenvalue weighted by Gasteiger charge is -2.29. The number of rotatable bonds is 4. The summed E-state index contributed by atoms with van der Waals surface area (Å²) in [6.07, 6.45) is 0.752. The Morgan fingerprint density at radius 1 is 1.45 bits per heavy atom. The SMILES string of the molecule is O=C(O)[C@H]1CCCN(S(=O)(=O)c2ccc([N+](=O)[O-])c(F)c2)C1. The number of nitrogens with zero attached hydrogens (tertiary/aromatic N) is 2. The van der Waals surface area contributed by atoms with Crippen molar-refractivity contribution >= 4 is 21.7 Å². The Kier molecular flexibility index (Phi) is 4.42. The van der Waals surface area contributed by atoms with Crippen molar-refractivity contribution in [1.29, 1.82) is 0 Å². The first-order valence-corrected chi connectivity index (χ1v) is 7.84. The van der Waals surface area contributed by atoms with Gasteiger partial charge in [0.1, 0.15) is 0 Å². The van der Waals surface area contributed by atoms with Crippen molar-refractivity contribution in [3.8, 4) is 0 Å². The predicted molar refractivity (Wildman–Crippen MR) is 72.2 cm³/mol. The number of piperidine rings is 1. The van der Waals surface area contributed by atoms with Gasteiger partial charge in [-0.1, -0.05) is 0 Å². The zero-order chi connectivity index (χ0) is 16.5.